The second-order valence-corrected chi connectivity index (χ2v) is 7.90. The fraction of sp³-hybridized carbons (Fsp3) is 0.667. The molecule has 112 valence electrons. The molecule has 0 aliphatic carbocycles. The number of ether oxygens (including phenoxy) is 1. The number of carbonyl (C=O) groups excluding carboxylic acids is 1. The molecule has 8 heteroatoms. The molecule has 0 amide bonds. The highest BCUT2D eigenvalue weighted by atomic mass is 32.2. The Balaban J connectivity index is 1.88. The Morgan fingerprint density at radius 3 is 3.10 bits per heavy atom. The smallest absolute Gasteiger partial charge is 0.305 e. The zero-order chi connectivity index (χ0) is 14.6. The normalized spacial score (nSPS) is 21.4. The van der Waals surface area contributed by atoms with Crippen molar-refractivity contribution in [2.45, 2.75) is 31.7 Å². The van der Waals surface area contributed by atoms with Gasteiger partial charge in [-0.1, -0.05) is 0 Å². The predicted molar refractivity (Wildman–Crippen MR) is 77.7 cm³/mol. The van der Waals surface area contributed by atoms with E-state index in [1.165, 1.54) is 18.4 Å². The van der Waals surface area contributed by atoms with Crippen molar-refractivity contribution >= 4 is 32.3 Å². The average Bonchev–Trinajstić information content (AvgIpc) is 2.82. The summed E-state index contributed by atoms with van der Waals surface area (Å²) in [7, 11) is -1.56. The van der Waals surface area contributed by atoms with Gasteiger partial charge in [0.2, 0.25) is 0 Å². The lowest BCUT2D eigenvalue weighted by atomic mass is 10.2. The first-order chi connectivity index (χ1) is 9.48. The fourth-order valence-electron chi connectivity index (χ4n) is 2.13. The maximum Gasteiger partial charge on any atom is 0.305 e. The molecule has 0 radical (unpaired) electrons. The molecule has 6 nitrogen and oxygen atoms in total. The first kappa shape index (κ1) is 15.2. The average molecular weight is 318 g/mol. The molecule has 0 saturated carbocycles. The lowest BCUT2D eigenvalue weighted by molar-refractivity contribution is -0.140. The van der Waals surface area contributed by atoms with E-state index in [1.807, 2.05) is 5.38 Å². The number of aryl methyl sites for hydroxylation is 1. The highest BCUT2D eigenvalue weighted by Crippen LogP contribution is 2.21. The Bertz CT molecular complexity index is 568. The number of anilines is 1. The van der Waals surface area contributed by atoms with Crippen molar-refractivity contribution in [1.82, 2.24) is 4.98 Å². The van der Waals surface area contributed by atoms with Crippen LogP contribution in [0.25, 0.3) is 0 Å². The van der Waals surface area contributed by atoms with Crippen molar-refractivity contribution in [2.24, 2.45) is 0 Å². The number of methoxy groups -OCH3 is 1. The van der Waals surface area contributed by atoms with Gasteiger partial charge in [-0.2, -0.15) is 0 Å². The molecule has 0 bridgehead atoms. The van der Waals surface area contributed by atoms with E-state index in [0.29, 0.717) is 24.4 Å². The number of thiazole rings is 1. The number of hydrogen-bond acceptors (Lipinski definition) is 7. The topological polar surface area (TPSA) is 85.4 Å². The third-order valence-electron chi connectivity index (χ3n) is 3.16. The summed E-state index contributed by atoms with van der Waals surface area (Å²) < 4.78 is 27.7. The molecule has 1 atom stereocenters. The van der Waals surface area contributed by atoms with E-state index in [2.05, 4.69) is 15.0 Å². The Kier molecular flexibility index (Phi) is 4.98. The Morgan fingerprint density at radius 1 is 1.60 bits per heavy atom. The van der Waals surface area contributed by atoms with Crippen LogP contribution in [0.2, 0.25) is 0 Å². The third-order valence-corrected chi connectivity index (χ3v) is 5.80. The largest absolute Gasteiger partial charge is 0.469 e. The van der Waals surface area contributed by atoms with Gasteiger partial charge in [0, 0.05) is 17.8 Å². The van der Waals surface area contributed by atoms with Gasteiger partial charge in [0.15, 0.2) is 15.0 Å². The van der Waals surface area contributed by atoms with E-state index in [0.717, 1.165) is 12.1 Å². The zero-order valence-electron chi connectivity index (χ0n) is 11.3. The number of aromatic nitrogens is 1. The quantitative estimate of drug-likeness (QED) is 0.822. The van der Waals surface area contributed by atoms with E-state index in [4.69, 9.17) is 0 Å². The molecule has 2 heterocycles. The molecule has 1 saturated heterocycles. The van der Waals surface area contributed by atoms with E-state index in [-0.39, 0.29) is 23.5 Å². The second kappa shape index (κ2) is 6.53. The van der Waals surface area contributed by atoms with Crippen molar-refractivity contribution in [3.63, 3.8) is 0 Å². The molecule has 20 heavy (non-hydrogen) atoms. The molecule has 1 unspecified atom stereocenters. The van der Waals surface area contributed by atoms with Crippen LogP contribution in [0.1, 0.15) is 25.0 Å². The van der Waals surface area contributed by atoms with Gasteiger partial charge in [0.25, 0.3) is 0 Å². The summed E-state index contributed by atoms with van der Waals surface area (Å²) in [6, 6.07) is -0.0617. The Morgan fingerprint density at radius 2 is 2.40 bits per heavy atom. The van der Waals surface area contributed by atoms with Crippen molar-refractivity contribution in [1.29, 1.82) is 0 Å². The third kappa shape index (κ3) is 4.45. The minimum atomic E-state index is -2.92. The van der Waals surface area contributed by atoms with Crippen LogP contribution in [-0.2, 0) is 25.8 Å². The van der Waals surface area contributed by atoms with E-state index in [9.17, 15) is 13.2 Å². The standard InChI is InChI=1S/C12H18N2O4S2/c1-18-11(15)5-4-9-7-19-12(13-9)14-10-3-2-6-20(16,17)8-10/h7,10H,2-6,8H2,1H3,(H,13,14). The summed E-state index contributed by atoms with van der Waals surface area (Å²) in [5.74, 6) is 0.197. The van der Waals surface area contributed by atoms with Crippen LogP contribution in [0, 0.1) is 0 Å². The molecular formula is C12H18N2O4S2. The van der Waals surface area contributed by atoms with Crippen molar-refractivity contribution in [3.8, 4) is 0 Å². The minimum absolute atomic E-state index is 0.0617. The molecule has 1 aromatic rings. The van der Waals surface area contributed by atoms with Crippen LogP contribution in [0.5, 0.6) is 0 Å². The van der Waals surface area contributed by atoms with Crippen LogP contribution in [-0.4, -0.2) is 44.0 Å². The van der Waals surface area contributed by atoms with Crippen LogP contribution in [0.3, 0.4) is 0 Å². The molecule has 2 rings (SSSR count). The molecule has 1 fully saturated rings. The van der Waals surface area contributed by atoms with Crippen LogP contribution >= 0.6 is 11.3 Å². The SMILES string of the molecule is COC(=O)CCc1csc(NC2CCCS(=O)(=O)C2)n1. The molecule has 1 aliphatic rings. The van der Waals surface area contributed by atoms with Crippen LogP contribution in [0.4, 0.5) is 5.13 Å². The monoisotopic (exact) mass is 318 g/mol. The first-order valence-corrected chi connectivity index (χ1v) is 9.17. The molecule has 0 spiro atoms. The number of sulfone groups is 1. The first-order valence-electron chi connectivity index (χ1n) is 6.47. The fourth-order valence-corrected chi connectivity index (χ4v) is 4.59. The molecule has 1 N–H and O–H groups in total. The maximum atomic E-state index is 11.6. The number of esters is 1. The summed E-state index contributed by atoms with van der Waals surface area (Å²) in [6.07, 6.45) is 2.38. The maximum absolute atomic E-state index is 11.6. The van der Waals surface area contributed by atoms with Gasteiger partial charge in [-0.05, 0) is 12.8 Å². The van der Waals surface area contributed by atoms with E-state index < -0.39 is 9.84 Å². The van der Waals surface area contributed by atoms with Crippen LogP contribution in [0.15, 0.2) is 5.38 Å². The molecule has 1 aliphatic heterocycles. The highest BCUT2D eigenvalue weighted by Gasteiger charge is 2.25. The summed E-state index contributed by atoms with van der Waals surface area (Å²) in [4.78, 5) is 15.4. The van der Waals surface area contributed by atoms with Gasteiger partial charge in [-0.3, -0.25) is 4.79 Å². The summed E-state index contributed by atoms with van der Waals surface area (Å²) in [5, 5.41) is 5.76. The molecule has 1 aromatic heterocycles. The second-order valence-electron chi connectivity index (χ2n) is 4.82. The van der Waals surface area contributed by atoms with Gasteiger partial charge in [0.1, 0.15) is 0 Å². The predicted octanol–water partition coefficient (Wildman–Crippen LogP) is 1.24. The van der Waals surface area contributed by atoms with E-state index >= 15 is 0 Å². The van der Waals surface area contributed by atoms with Gasteiger partial charge < -0.3 is 10.1 Å². The number of rotatable bonds is 5. The summed E-state index contributed by atoms with van der Waals surface area (Å²) >= 11 is 1.43. The summed E-state index contributed by atoms with van der Waals surface area (Å²) in [5.41, 5.74) is 0.821. The highest BCUT2D eigenvalue weighted by molar-refractivity contribution is 7.91. The number of hydrogen-bond donors (Lipinski definition) is 1. The number of nitrogens with one attached hydrogen (secondary N) is 1. The van der Waals surface area contributed by atoms with E-state index in [1.54, 1.807) is 0 Å². The number of nitrogens with zero attached hydrogens (tertiary/aromatic N) is 1. The Hall–Kier alpha value is -1.15. The minimum Gasteiger partial charge on any atom is -0.469 e. The van der Waals surface area contributed by atoms with Crippen molar-refractivity contribution in [2.75, 3.05) is 23.9 Å². The van der Waals surface area contributed by atoms with Gasteiger partial charge in [0.05, 0.1) is 30.7 Å². The lowest BCUT2D eigenvalue weighted by Crippen LogP contribution is -2.34. The van der Waals surface area contributed by atoms with Crippen molar-refractivity contribution < 1.29 is 17.9 Å². The summed E-state index contributed by atoms with van der Waals surface area (Å²) in [6.45, 7) is 0. The van der Waals surface area contributed by atoms with Gasteiger partial charge in [-0.15, -0.1) is 11.3 Å². The molecule has 0 aromatic carbocycles. The zero-order valence-corrected chi connectivity index (χ0v) is 12.9. The Labute approximate surface area is 122 Å². The number of carbonyl (C=O) groups is 1. The van der Waals surface area contributed by atoms with Crippen molar-refractivity contribution in [3.05, 3.63) is 11.1 Å². The van der Waals surface area contributed by atoms with Gasteiger partial charge >= 0.3 is 5.97 Å². The molecular weight excluding hydrogens is 300 g/mol. The van der Waals surface area contributed by atoms with Gasteiger partial charge in [-0.25, -0.2) is 13.4 Å². The lowest BCUT2D eigenvalue weighted by Gasteiger charge is -2.22. The van der Waals surface area contributed by atoms with Crippen LogP contribution < -0.4 is 5.32 Å².